The highest BCUT2D eigenvalue weighted by atomic mass is 35.5. The first-order chi connectivity index (χ1) is 8.52. The van der Waals surface area contributed by atoms with E-state index in [-0.39, 0.29) is 25.0 Å². The Morgan fingerprint density at radius 1 is 1.15 bits per heavy atom. The smallest absolute Gasteiger partial charge is 0.247 e. The fourth-order valence-corrected chi connectivity index (χ4v) is 2.82. The number of benzene rings is 1. The molecular weight excluding hydrogens is 324 g/mol. The molecule has 3 N–H and O–H groups in total. The molecule has 1 aromatic rings. The van der Waals surface area contributed by atoms with E-state index in [0.717, 1.165) is 0 Å². The summed E-state index contributed by atoms with van der Waals surface area (Å²) in [6.45, 7) is 2.50. The average molecular weight is 337 g/mol. The van der Waals surface area contributed by atoms with Gasteiger partial charge in [-0.2, -0.15) is 0 Å². The van der Waals surface area contributed by atoms with Gasteiger partial charge in [0.15, 0.2) is 28.2 Å². The third-order valence-corrected chi connectivity index (χ3v) is 3.98. The van der Waals surface area contributed by atoms with Crippen molar-refractivity contribution in [2.75, 3.05) is 6.54 Å². The molecule has 0 fully saturated rings. The number of hydrogen-bond donors (Lipinski definition) is 2. The van der Waals surface area contributed by atoms with Gasteiger partial charge in [-0.3, -0.25) is 0 Å². The van der Waals surface area contributed by atoms with Crippen LogP contribution < -0.4 is 10.5 Å². The van der Waals surface area contributed by atoms with Crippen molar-refractivity contribution < 1.29 is 26.0 Å². The summed E-state index contributed by atoms with van der Waals surface area (Å²) in [7, 11) is -4.80. The van der Waals surface area contributed by atoms with Crippen molar-refractivity contribution in [2.45, 2.75) is 24.3 Å². The van der Waals surface area contributed by atoms with Crippen LogP contribution in [0.15, 0.2) is 11.0 Å². The number of nitrogens with one attached hydrogen (secondary N) is 1. The van der Waals surface area contributed by atoms with E-state index in [1.165, 1.54) is 13.8 Å². The van der Waals surface area contributed by atoms with Crippen LogP contribution in [0.25, 0.3) is 0 Å². The lowest BCUT2D eigenvalue weighted by Crippen LogP contribution is -2.49. The Hall–Kier alpha value is -0.900. The molecule has 0 aliphatic carbocycles. The fraction of sp³-hybridized carbons (Fsp3) is 0.400. The van der Waals surface area contributed by atoms with Gasteiger partial charge in [0.2, 0.25) is 10.0 Å². The van der Waals surface area contributed by atoms with Crippen LogP contribution in [0.4, 0.5) is 17.6 Å². The lowest BCUT2D eigenvalue weighted by molar-refractivity contribution is 0.410. The fourth-order valence-electron chi connectivity index (χ4n) is 1.24. The maximum Gasteiger partial charge on any atom is 0.247 e. The van der Waals surface area contributed by atoms with Crippen molar-refractivity contribution in [1.82, 2.24) is 4.72 Å². The summed E-state index contributed by atoms with van der Waals surface area (Å²) in [6, 6.07) is -0.0717. The second kappa shape index (κ2) is 6.25. The molecule has 0 unspecified atom stereocenters. The first-order valence-corrected chi connectivity index (χ1v) is 6.57. The van der Waals surface area contributed by atoms with E-state index < -0.39 is 43.7 Å². The van der Waals surface area contributed by atoms with Crippen molar-refractivity contribution in [2.24, 2.45) is 5.73 Å². The molecule has 0 aromatic heterocycles. The highest BCUT2D eigenvalue weighted by Crippen LogP contribution is 2.24. The van der Waals surface area contributed by atoms with E-state index in [0.29, 0.717) is 0 Å². The van der Waals surface area contributed by atoms with Crippen molar-refractivity contribution in [3.05, 3.63) is 29.3 Å². The number of halogens is 5. The van der Waals surface area contributed by atoms with Crippen LogP contribution in [0, 0.1) is 23.3 Å². The molecule has 116 valence electrons. The maximum atomic E-state index is 13.4. The molecule has 10 heteroatoms. The second-order valence-corrected chi connectivity index (χ2v) is 6.11. The molecule has 1 aromatic carbocycles. The van der Waals surface area contributed by atoms with Crippen LogP contribution in [0.1, 0.15) is 13.8 Å². The minimum Gasteiger partial charge on any atom is -0.329 e. The predicted octanol–water partition coefficient (Wildman–Crippen LogP) is 1.68. The van der Waals surface area contributed by atoms with Crippen LogP contribution in [0.2, 0.25) is 0 Å². The van der Waals surface area contributed by atoms with Crippen molar-refractivity contribution in [3.63, 3.8) is 0 Å². The lowest BCUT2D eigenvalue weighted by Gasteiger charge is -2.24. The Bertz CT molecular complexity index is 582. The minimum absolute atomic E-state index is 0. The molecule has 0 bridgehead atoms. The third kappa shape index (κ3) is 3.81. The van der Waals surface area contributed by atoms with Gasteiger partial charge in [0.05, 0.1) is 0 Å². The Labute approximate surface area is 119 Å². The topological polar surface area (TPSA) is 72.2 Å². The summed E-state index contributed by atoms with van der Waals surface area (Å²) in [6.07, 6.45) is 0. The zero-order valence-corrected chi connectivity index (χ0v) is 12.1. The number of nitrogens with two attached hydrogens (primary N) is 1. The van der Waals surface area contributed by atoms with Crippen LogP contribution in [-0.2, 0) is 10.0 Å². The van der Waals surface area contributed by atoms with Gasteiger partial charge >= 0.3 is 0 Å². The number of hydrogen-bond acceptors (Lipinski definition) is 3. The lowest BCUT2D eigenvalue weighted by atomic mass is 10.1. The van der Waals surface area contributed by atoms with E-state index in [4.69, 9.17) is 5.73 Å². The van der Waals surface area contributed by atoms with Crippen LogP contribution in [0.3, 0.4) is 0 Å². The van der Waals surface area contributed by atoms with E-state index in [2.05, 4.69) is 0 Å². The Morgan fingerprint density at radius 3 is 1.90 bits per heavy atom. The second-order valence-electron chi connectivity index (χ2n) is 4.49. The zero-order chi connectivity index (χ0) is 15.0. The van der Waals surface area contributed by atoms with Gasteiger partial charge < -0.3 is 5.73 Å². The van der Waals surface area contributed by atoms with Gasteiger partial charge in [-0.15, -0.1) is 12.4 Å². The molecule has 20 heavy (non-hydrogen) atoms. The Kier molecular flexibility index (Phi) is 5.97. The zero-order valence-electron chi connectivity index (χ0n) is 10.5. The van der Waals surface area contributed by atoms with E-state index in [9.17, 15) is 26.0 Å². The Morgan fingerprint density at radius 2 is 1.55 bits per heavy atom. The normalized spacial score (nSPS) is 12.2. The van der Waals surface area contributed by atoms with Gasteiger partial charge in [-0.1, -0.05) is 0 Å². The molecule has 4 nitrogen and oxygen atoms in total. The van der Waals surface area contributed by atoms with E-state index >= 15 is 0 Å². The average Bonchev–Trinajstić information content (AvgIpc) is 2.25. The van der Waals surface area contributed by atoms with Crippen molar-refractivity contribution in [3.8, 4) is 0 Å². The molecule has 1 rings (SSSR count). The third-order valence-electron chi connectivity index (χ3n) is 2.26. The molecule has 0 atom stereocenters. The largest absolute Gasteiger partial charge is 0.329 e. The summed E-state index contributed by atoms with van der Waals surface area (Å²) in [4.78, 5) is -1.70. The number of sulfonamides is 1. The molecule has 0 amide bonds. The van der Waals surface area contributed by atoms with Crippen LogP contribution in [-0.4, -0.2) is 20.5 Å². The van der Waals surface area contributed by atoms with Crippen LogP contribution in [0.5, 0.6) is 0 Å². The molecule has 0 aliphatic heterocycles. The highest BCUT2D eigenvalue weighted by molar-refractivity contribution is 7.89. The van der Waals surface area contributed by atoms with Gasteiger partial charge in [0.25, 0.3) is 0 Å². The van der Waals surface area contributed by atoms with Crippen molar-refractivity contribution in [1.29, 1.82) is 0 Å². The standard InChI is InChI=1S/C10H12F4N2O2S.ClH/c1-10(2,4-15)16-19(17,18)9-7(13)5(11)3-6(12)8(9)14;/h3,16H,4,15H2,1-2H3;1H. The molecule has 0 saturated carbocycles. The van der Waals surface area contributed by atoms with Crippen molar-refractivity contribution >= 4 is 22.4 Å². The monoisotopic (exact) mass is 336 g/mol. The van der Waals surface area contributed by atoms with E-state index in [1.807, 2.05) is 4.72 Å². The molecule has 0 saturated heterocycles. The predicted molar refractivity (Wildman–Crippen MR) is 67.0 cm³/mol. The molecule has 0 spiro atoms. The molecule has 0 aliphatic rings. The highest BCUT2D eigenvalue weighted by Gasteiger charge is 2.33. The molecule has 0 radical (unpaired) electrons. The summed E-state index contributed by atoms with van der Waals surface area (Å²) in [5, 5.41) is 0. The Balaban J connectivity index is 0.00000361. The summed E-state index contributed by atoms with van der Waals surface area (Å²) in [5.41, 5.74) is 4.03. The quantitative estimate of drug-likeness (QED) is 0.649. The first-order valence-electron chi connectivity index (χ1n) is 5.09. The van der Waals surface area contributed by atoms with Gasteiger partial charge in [0.1, 0.15) is 0 Å². The van der Waals surface area contributed by atoms with Crippen LogP contribution >= 0.6 is 12.4 Å². The summed E-state index contributed by atoms with van der Waals surface area (Å²) >= 11 is 0. The van der Waals surface area contributed by atoms with Gasteiger partial charge in [-0.25, -0.2) is 30.7 Å². The van der Waals surface area contributed by atoms with Gasteiger partial charge in [-0.05, 0) is 13.8 Å². The SMILES string of the molecule is CC(C)(CN)NS(=O)(=O)c1c(F)c(F)cc(F)c1F.Cl. The van der Waals surface area contributed by atoms with E-state index in [1.54, 1.807) is 0 Å². The maximum absolute atomic E-state index is 13.4. The minimum atomic E-state index is -4.80. The summed E-state index contributed by atoms with van der Waals surface area (Å²) < 4.78 is 78.1. The molecule has 0 heterocycles. The number of rotatable bonds is 4. The first kappa shape index (κ1) is 19.1. The van der Waals surface area contributed by atoms with Gasteiger partial charge in [0, 0.05) is 18.2 Å². The summed E-state index contributed by atoms with van der Waals surface area (Å²) in [5.74, 6) is -7.58. The molecular formula is C10H13ClF4N2O2S.